The Morgan fingerprint density at radius 3 is 2.70 bits per heavy atom. The van der Waals surface area contributed by atoms with Crippen LogP contribution in [-0.4, -0.2) is 38.8 Å². The average Bonchev–Trinajstić information content (AvgIpc) is 2.83. The molecule has 8 heteroatoms. The largest absolute Gasteiger partial charge is 0.462 e. The fraction of sp³-hybridized carbons (Fsp3) is 0.333. The van der Waals surface area contributed by atoms with Gasteiger partial charge in [-0.15, -0.1) is 0 Å². The lowest BCUT2D eigenvalue weighted by Crippen LogP contribution is -2.08. The highest BCUT2D eigenvalue weighted by Crippen LogP contribution is 2.15. The van der Waals surface area contributed by atoms with Gasteiger partial charge in [0.05, 0.1) is 18.7 Å². The van der Waals surface area contributed by atoms with Crippen LogP contribution in [0.5, 0.6) is 0 Å². The Kier molecular flexibility index (Phi) is 4.34. The first-order chi connectivity index (χ1) is 9.61. The van der Waals surface area contributed by atoms with Crippen molar-refractivity contribution >= 4 is 5.97 Å². The number of hydrogen-bond donors (Lipinski definition) is 0. The monoisotopic (exact) mass is 282 g/mol. The normalized spacial score (nSPS) is 10.8. The topological polar surface area (TPSA) is 69.9 Å². The highest BCUT2D eigenvalue weighted by atomic mass is 19.3. The van der Waals surface area contributed by atoms with Gasteiger partial charge >= 0.3 is 5.97 Å². The maximum Gasteiger partial charge on any atom is 0.341 e. The first-order valence-electron chi connectivity index (χ1n) is 5.93. The molecule has 0 aromatic carbocycles. The molecule has 0 aliphatic carbocycles. The van der Waals surface area contributed by atoms with Gasteiger partial charge in [-0.05, 0) is 13.0 Å². The number of nitrogens with zero attached hydrogens (tertiary/aromatic N) is 4. The summed E-state index contributed by atoms with van der Waals surface area (Å²) in [5.74, 6) is -0.496. The number of halogens is 2. The quantitative estimate of drug-likeness (QED) is 0.780. The fourth-order valence-electron chi connectivity index (χ4n) is 1.60. The third-order valence-corrected chi connectivity index (χ3v) is 2.39. The minimum absolute atomic E-state index is 0.000368. The maximum absolute atomic E-state index is 12.5. The van der Waals surface area contributed by atoms with Crippen molar-refractivity contribution in [1.82, 2.24) is 19.7 Å². The van der Waals surface area contributed by atoms with E-state index in [0.717, 1.165) is 0 Å². The number of aromatic nitrogens is 4. The van der Waals surface area contributed by atoms with E-state index in [2.05, 4.69) is 15.1 Å². The summed E-state index contributed by atoms with van der Waals surface area (Å²) in [6.45, 7) is 1.79. The van der Waals surface area contributed by atoms with Gasteiger partial charge in [-0.2, -0.15) is 5.10 Å². The van der Waals surface area contributed by atoms with Crippen molar-refractivity contribution in [2.24, 2.45) is 0 Å². The number of carbonyl (C=O) groups excluding carboxylic acids is 1. The Hall–Kier alpha value is -2.38. The fourth-order valence-corrected chi connectivity index (χ4v) is 1.60. The molecule has 2 aromatic rings. The Morgan fingerprint density at radius 2 is 2.10 bits per heavy atom. The van der Waals surface area contributed by atoms with Gasteiger partial charge in [0.2, 0.25) is 12.4 Å². The predicted molar refractivity (Wildman–Crippen MR) is 64.8 cm³/mol. The SMILES string of the molecule is CCOC(=O)c1cn(-c2ncccn2)nc1CC(F)F. The summed E-state index contributed by atoms with van der Waals surface area (Å²) in [6, 6.07) is 1.61. The van der Waals surface area contributed by atoms with Crippen LogP contribution in [0.25, 0.3) is 5.95 Å². The molecule has 0 atom stereocenters. The highest BCUT2D eigenvalue weighted by Gasteiger charge is 2.21. The molecular weight excluding hydrogens is 270 g/mol. The summed E-state index contributed by atoms with van der Waals surface area (Å²) in [5.41, 5.74) is -0.0366. The molecule has 6 nitrogen and oxygen atoms in total. The van der Waals surface area contributed by atoms with Crippen molar-refractivity contribution < 1.29 is 18.3 Å². The zero-order chi connectivity index (χ0) is 14.5. The zero-order valence-corrected chi connectivity index (χ0v) is 10.7. The van der Waals surface area contributed by atoms with Gasteiger partial charge in [0.15, 0.2) is 0 Å². The number of ether oxygens (including phenoxy) is 1. The van der Waals surface area contributed by atoms with Crippen molar-refractivity contribution in [2.45, 2.75) is 19.8 Å². The molecular formula is C12H12F2N4O2. The summed E-state index contributed by atoms with van der Waals surface area (Å²) < 4.78 is 31.1. The summed E-state index contributed by atoms with van der Waals surface area (Å²) in [4.78, 5) is 19.6. The van der Waals surface area contributed by atoms with Crippen LogP contribution in [-0.2, 0) is 11.2 Å². The molecule has 0 saturated carbocycles. The standard InChI is InChI=1S/C12H12F2N4O2/c1-2-20-11(19)8-7-18(12-15-4-3-5-16-12)17-9(8)6-10(13)14/h3-5,7,10H,2,6H2,1H3. The van der Waals surface area contributed by atoms with E-state index < -0.39 is 18.8 Å². The van der Waals surface area contributed by atoms with Crippen LogP contribution in [0.3, 0.4) is 0 Å². The molecule has 0 bridgehead atoms. The van der Waals surface area contributed by atoms with E-state index in [4.69, 9.17) is 4.74 Å². The first-order valence-corrected chi connectivity index (χ1v) is 5.93. The van der Waals surface area contributed by atoms with E-state index in [0.29, 0.717) is 0 Å². The van der Waals surface area contributed by atoms with E-state index in [1.165, 1.54) is 23.3 Å². The molecule has 0 aliphatic heterocycles. The van der Waals surface area contributed by atoms with Crippen LogP contribution in [0.2, 0.25) is 0 Å². The Labute approximate surface area is 113 Å². The van der Waals surface area contributed by atoms with E-state index in [1.54, 1.807) is 13.0 Å². The lowest BCUT2D eigenvalue weighted by Gasteiger charge is -2.01. The van der Waals surface area contributed by atoms with E-state index in [-0.39, 0.29) is 23.8 Å². The second kappa shape index (κ2) is 6.18. The molecule has 0 saturated heterocycles. The number of hydrogen-bond acceptors (Lipinski definition) is 5. The molecule has 2 rings (SSSR count). The molecule has 20 heavy (non-hydrogen) atoms. The Bertz CT molecular complexity index is 586. The van der Waals surface area contributed by atoms with E-state index >= 15 is 0 Å². The lowest BCUT2D eigenvalue weighted by molar-refractivity contribution is 0.0524. The van der Waals surface area contributed by atoms with E-state index in [9.17, 15) is 13.6 Å². The van der Waals surface area contributed by atoms with Crippen molar-refractivity contribution in [1.29, 1.82) is 0 Å². The molecule has 0 spiro atoms. The molecule has 0 fully saturated rings. The second-order valence-electron chi connectivity index (χ2n) is 3.80. The Morgan fingerprint density at radius 1 is 1.40 bits per heavy atom. The first kappa shape index (κ1) is 14.0. The average molecular weight is 282 g/mol. The van der Waals surface area contributed by atoms with Gasteiger partial charge in [-0.1, -0.05) is 0 Å². The number of alkyl halides is 2. The van der Waals surface area contributed by atoms with Gasteiger partial charge in [0, 0.05) is 18.6 Å². The molecule has 0 amide bonds. The van der Waals surface area contributed by atoms with Gasteiger partial charge in [-0.25, -0.2) is 28.2 Å². The van der Waals surface area contributed by atoms with Crippen LogP contribution in [0, 0.1) is 0 Å². The van der Waals surface area contributed by atoms with Crippen LogP contribution < -0.4 is 0 Å². The minimum atomic E-state index is -2.61. The van der Waals surface area contributed by atoms with Gasteiger partial charge in [0.25, 0.3) is 0 Å². The summed E-state index contributed by atoms with van der Waals surface area (Å²) in [7, 11) is 0. The summed E-state index contributed by atoms with van der Waals surface area (Å²) in [5, 5.41) is 3.93. The predicted octanol–water partition coefficient (Wildman–Crippen LogP) is 1.65. The van der Waals surface area contributed by atoms with Crippen LogP contribution in [0.4, 0.5) is 8.78 Å². The molecule has 106 valence electrons. The number of esters is 1. The zero-order valence-electron chi connectivity index (χ0n) is 10.7. The van der Waals surface area contributed by atoms with Crippen molar-refractivity contribution in [3.63, 3.8) is 0 Å². The molecule has 0 aliphatic rings. The van der Waals surface area contributed by atoms with Crippen LogP contribution in [0.15, 0.2) is 24.7 Å². The lowest BCUT2D eigenvalue weighted by atomic mass is 10.2. The summed E-state index contributed by atoms with van der Waals surface area (Å²) >= 11 is 0. The number of rotatable bonds is 5. The van der Waals surface area contributed by atoms with Gasteiger partial charge in [0.1, 0.15) is 5.56 Å². The second-order valence-corrected chi connectivity index (χ2v) is 3.80. The van der Waals surface area contributed by atoms with Crippen LogP contribution in [0.1, 0.15) is 23.0 Å². The van der Waals surface area contributed by atoms with Crippen molar-refractivity contribution in [2.75, 3.05) is 6.61 Å². The summed E-state index contributed by atoms with van der Waals surface area (Å²) in [6.07, 6.45) is 1.03. The number of carbonyl (C=O) groups is 1. The van der Waals surface area contributed by atoms with E-state index in [1.807, 2.05) is 0 Å². The third kappa shape index (κ3) is 3.14. The molecule has 0 radical (unpaired) electrons. The molecule has 2 aromatic heterocycles. The van der Waals surface area contributed by atoms with Crippen molar-refractivity contribution in [3.8, 4) is 5.95 Å². The molecule has 0 unspecified atom stereocenters. The Balaban J connectivity index is 2.39. The van der Waals surface area contributed by atoms with Crippen molar-refractivity contribution in [3.05, 3.63) is 35.9 Å². The van der Waals surface area contributed by atoms with Gasteiger partial charge < -0.3 is 4.74 Å². The molecule has 2 heterocycles. The maximum atomic E-state index is 12.5. The smallest absolute Gasteiger partial charge is 0.341 e. The van der Waals surface area contributed by atoms with Gasteiger partial charge in [-0.3, -0.25) is 0 Å². The third-order valence-electron chi connectivity index (χ3n) is 2.39. The van der Waals surface area contributed by atoms with Crippen LogP contribution >= 0.6 is 0 Å². The molecule has 0 N–H and O–H groups in total. The minimum Gasteiger partial charge on any atom is -0.462 e. The highest BCUT2D eigenvalue weighted by molar-refractivity contribution is 5.90.